The highest BCUT2D eigenvalue weighted by Gasteiger charge is 2.37. The molecule has 2 atom stereocenters. The molecule has 0 spiro atoms. The Morgan fingerprint density at radius 2 is 1.89 bits per heavy atom. The summed E-state index contributed by atoms with van der Waals surface area (Å²) in [7, 11) is -3.45. The fourth-order valence-corrected chi connectivity index (χ4v) is 5.18. The van der Waals surface area contributed by atoms with Crippen molar-refractivity contribution in [3.05, 3.63) is 23.3 Å². The van der Waals surface area contributed by atoms with Gasteiger partial charge in [0.2, 0.25) is 10.0 Å². The molecule has 1 aromatic rings. The quantitative estimate of drug-likeness (QED) is 0.847. The number of nitrogens with two attached hydrogens (primary N) is 1. The van der Waals surface area contributed by atoms with Gasteiger partial charge in [-0.05, 0) is 50.3 Å². The topological polar surface area (TPSA) is 63.4 Å². The lowest BCUT2D eigenvalue weighted by Crippen LogP contribution is -2.35. The molecular formula is C14H22N2O2S. The van der Waals surface area contributed by atoms with Crippen molar-refractivity contribution in [3.8, 4) is 0 Å². The number of benzene rings is 1. The minimum absolute atomic E-state index is 0.0558. The van der Waals surface area contributed by atoms with Crippen molar-refractivity contribution in [1.82, 2.24) is 4.31 Å². The molecule has 1 heterocycles. The SMILES string of the molecule is Cc1ccc(N)c(C)c1S(=O)(=O)N1CC(C)CC1C. The van der Waals surface area contributed by atoms with Crippen molar-refractivity contribution < 1.29 is 8.42 Å². The van der Waals surface area contributed by atoms with Crippen molar-refractivity contribution in [2.45, 2.75) is 45.1 Å². The first-order chi connectivity index (χ1) is 8.75. The first-order valence-corrected chi connectivity index (χ1v) is 8.06. The molecule has 0 amide bonds. The molecule has 0 aromatic heterocycles. The second kappa shape index (κ2) is 4.80. The van der Waals surface area contributed by atoms with Crippen molar-refractivity contribution in [2.75, 3.05) is 12.3 Å². The molecule has 0 saturated carbocycles. The van der Waals surface area contributed by atoms with Gasteiger partial charge in [-0.1, -0.05) is 13.0 Å². The average Bonchev–Trinajstić information content (AvgIpc) is 2.64. The van der Waals surface area contributed by atoms with Gasteiger partial charge >= 0.3 is 0 Å². The molecule has 1 aliphatic heterocycles. The second-order valence-corrected chi connectivity index (χ2v) is 7.52. The van der Waals surface area contributed by atoms with E-state index in [9.17, 15) is 8.42 Å². The molecule has 2 unspecified atom stereocenters. The Bertz CT molecular complexity index is 596. The molecule has 0 radical (unpaired) electrons. The van der Waals surface area contributed by atoms with Gasteiger partial charge in [0, 0.05) is 18.3 Å². The van der Waals surface area contributed by atoms with Crippen molar-refractivity contribution in [2.24, 2.45) is 5.92 Å². The number of sulfonamides is 1. The summed E-state index contributed by atoms with van der Waals surface area (Å²) in [6.45, 7) is 8.25. The Hall–Kier alpha value is -1.07. The van der Waals surface area contributed by atoms with Gasteiger partial charge in [0.1, 0.15) is 0 Å². The van der Waals surface area contributed by atoms with Crippen molar-refractivity contribution >= 4 is 15.7 Å². The van der Waals surface area contributed by atoms with E-state index in [4.69, 9.17) is 5.73 Å². The summed E-state index contributed by atoms with van der Waals surface area (Å²) >= 11 is 0. The summed E-state index contributed by atoms with van der Waals surface area (Å²) in [6.07, 6.45) is 0.916. The highest BCUT2D eigenvalue weighted by Crippen LogP contribution is 2.33. The zero-order valence-corrected chi connectivity index (χ0v) is 12.8. The van der Waals surface area contributed by atoms with Crippen molar-refractivity contribution in [1.29, 1.82) is 0 Å². The van der Waals surface area contributed by atoms with E-state index >= 15 is 0 Å². The van der Waals surface area contributed by atoms with Gasteiger partial charge < -0.3 is 5.73 Å². The molecule has 2 rings (SSSR count). The minimum atomic E-state index is -3.45. The summed E-state index contributed by atoms with van der Waals surface area (Å²) < 4.78 is 27.3. The number of rotatable bonds is 2. The minimum Gasteiger partial charge on any atom is -0.398 e. The summed E-state index contributed by atoms with van der Waals surface area (Å²) in [5.41, 5.74) is 7.82. The van der Waals surface area contributed by atoms with E-state index in [1.165, 1.54) is 0 Å². The molecule has 4 nitrogen and oxygen atoms in total. The van der Waals surface area contributed by atoms with Gasteiger partial charge in [-0.3, -0.25) is 0 Å². The van der Waals surface area contributed by atoms with Crippen LogP contribution in [0, 0.1) is 19.8 Å². The Morgan fingerprint density at radius 3 is 2.42 bits per heavy atom. The van der Waals surface area contributed by atoms with E-state index in [2.05, 4.69) is 6.92 Å². The molecule has 1 aliphatic rings. The molecule has 0 aliphatic carbocycles. The van der Waals surface area contributed by atoms with Crippen LogP contribution >= 0.6 is 0 Å². The standard InChI is InChI=1S/C14H22N2O2S/c1-9-7-11(3)16(8-9)19(17,18)14-10(2)5-6-13(15)12(14)4/h5-6,9,11H,7-8,15H2,1-4H3. The van der Waals surface area contributed by atoms with Crippen LogP contribution in [0.3, 0.4) is 0 Å². The van der Waals surface area contributed by atoms with Gasteiger partial charge in [0.15, 0.2) is 0 Å². The average molecular weight is 282 g/mol. The molecule has 1 fully saturated rings. The van der Waals surface area contributed by atoms with E-state index in [-0.39, 0.29) is 6.04 Å². The van der Waals surface area contributed by atoms with Crippen LogP contribution in [0.5, 0.6) is 0 Å². The third kappa shape index (κ3) is 2.37. The van der Waals surface area contributed by atoms with Gasteiger partial charge in [-0.25, -0.2) is 8.42 Å². The Morgan fingerprint density at radius 1 is 1.26 bits per heavy atom. The first-order valence-electron chi connectivity index (χ1n) is 6.62. The van der Waals surface area contributed by atoms with E-state index in [0.29, 0.717) is 28.6 Å². The smallest absolute Gasteiger partial charge is 0.243 e. The third-order valence-electron chi connectivity index (χ3n) is 3.94. The van der Waals surface area contributed by atoms with E-state index < -0.39 is 10.0 Å². The molecule has 2 N–H and O–H groups in total. The van der Waals surface area contributed by atoms with Crippen LogP contribution in [0.1, 0.15) is 31.4 Å². The Labute approximate surface area is 115 Å². The van der Waals surface area contributed by atoms with E-state index in [0.717, 1.165) is 12.0 Å². The highest BCUT2D eigenvalue weighted by molar-refractivity contribution is 7.89. The molecule has 1 aromatic carbocycles. The number of hydrogen-bond donors (Lipinski definition) is 1. The summed E-state index contributed by atoms with van der Waals surface area (Å²) in [5, 5.41) is 0. The largest absolute Gasteiger partial charge is 0.398 e. The van der Waals surface area contributed by atoms with Crippen LogP contribution in [-0.2, 0) is 10.0 Å². The Kier molecular flexibility index (Phi) is 3.62. The number of hydrogen-bond acceptors (Lipinski definition) is 3. The lowest BCUT2D eigenvalue weighted by Gasteiger charge is -2.23. The maximum Gasteiger partial charge on any atom is 0.243 e. The Balaban J connectivity index is 2.55. The molecule has 5 heteroatoms. The van der Waals surface area contributed by atoms with Crippen LogP contribution in [0.4, 0.5) is 5.69 Å². The zero-order chi connectivity index (χ0) is 14.4. The van der Waals surface area contributed by atoms with Gasteiger partial charge in [-0.15, -0.1) is 0 Å². The molecule has 19 heavy (non-hydrogen) atoms. The third-order valence-corrected chi connectivity index (χ3v) is 6.21. The zero-order valence-electron chi connectivity index (χ0n) is 12.0. The number of nitrogen functional groups attached to an aromatic ring is 1. The maximum atomic E-state index is 12.9. The predicted octanol–water partition coefficient (Wildman–Crippen LogP) is 2.30. The number of anilines is 1. The second-order valence-electron chi connectivity index (χ2n) is 5.69. The molecule has 106 valence electrons. The maximum absolute atomic E-state index is 12.9. The fraction of sp³-hybridized carbons (Fsp3) is 0.571. The number of nitrogens with zero attached hydrogens (tertiary/aromatic N) is 1. The summed E-state index contributed by atoms with van der Waals surface area (Å²) in [6, 6.07) is 3.60. The van der Waals surface area contributed by atoms with Crippen LogP contribution in [0.2, 0.25) is 0 Å². The van der Waals surface area contributed by atoms with Crippen LogP contribution in [0.15, 0.2) is 17.0 Å². The highest BCUT2D eigenvalue weighted by atomic mass is 32.2. The first kappa shape index (κ1) is 14.3. The van der Waals surface area contributed by atoms with Crippen LogP contribution in [-0.4, -0.2) is 25.3 Å². The lowest BCUT2D eigenvalue weighted by molar-refractivity contribution is 0.405. The fourth-order valence-electron chi connectivity index (χ4n) is 2.95. The lowest BCUT2D eigenvalue weighted by atomic mass is 10.1. The molecule has 1 saturated heterocycles. The molecule has 0 bridgehead atoms. The van der Waals surface area contributed by atoms with E-state index in [1.807, 2.05) is 13.8 Å². The van der Waals surface area contributed by atoms with Gasteiger partial charge in [0.25, 0.3) is 0 Å². The summed E-state index contributed by atoms with van der Waals surface area (Å²) in [4.78, 5) is 0.383. The van der Waals surface area contributed by atoms with E-state index in [1.54, 1.807) is 23.4 Å². The predicted molar refractivity (Wildman–Crippen MR) is 77.5 cm³/mol. The monoisotopic (exact) mass is 282 g/mol. The van der Waals surface area contributed by atoms with Crippen LogP contribution < -0.4 is 5.73 Å². The van der Waals surface area contributed by atoms with Gasteiger partial charge in [-0.2, -0.15) is 4.31 Å². The molecular weight excluding hydrogens is 260 g/mol. The van der Waals surface area contributed by atoms with Crippen molar-refractivity contribution in [3.63, 3.8) is 0 Å². The number of aryl methyl sites for hydroxylation is 1. The summed E-state index contributed by atoms with van der Waals surface area (Å²) in [5.74, 6) is 0.409. The van der Waals surface area contributed by atoms with Gasteiger partial charge in [0.05, 0.1) is 4.90 Å². The van der Waals surface area contributed by atoms with Crippen LogP contribution in [0.25, 0.3) is 0 Å². The normalized spacial score (nSPS) is 24.8.